The van der Waals surface area contributed by atoms with Gasteiger partial charge in [-0.05, 0) is 28.7 Å². The third kappa shape index (κ3) is 2.75. The minimum absolute atomic E-state index is 0.184. The van der Waals surface area contributed by atoms with Crippen molar-refractivity contribution in [2.75, 3.05) is 5.73 Å². The normalized spacial score (nSPS) is 11.6. The largest absolute Gasteiger partial charge is 0.398 e. The highest BCUT2D eigenvalue weighted by atomic mass is 79.9. The van der Waals surface area contributed by atoms with Gasteiger partial charge in [-0.2, -0.15) is 0 Å². The summed E-state index contributed by atoms with van der Waals surface area (Å²) in [6, 6.07) is 14.6. The van der Waals surface area contributed by atoms with Crippen molar-refractivity contribution >= 4 is 21.6 Å². The summed E-state index contributed by atoms with van der Waals surface area (Å²) < 4.78 is 1.01. The van der Waals surface area contributed by atoms with Gasteiger partial charge >= 0.3 is 0 Å². The van der Waals surface area contributed by atoms with E-state index >= 15 is 0 Å². The van der Waals surface area contributed by atoms with Crippen LogP contribution in [0, 0.1) is 0 Å². The molecule has 0 heterocycles. The fourth-order valence-electron chi connectivity index (χ4n) is 1.95. The molecule has 2 rings (SSSR count). The fourth-order valence-corrected chi connectivity index (χ4v) is 2.33. The summed E-state index contributed by atoms with van der Waals surface area (Å²) in [5, 5.41) is 0. The number of nitrogens with two attached hydrogens (primary N) is 1. The van der Waals surface area contributed by atoms with Crippen molar-refractivity contribution in [2.45, 2.75) is 26.2 Å². The van der Waals surface area contributed by atoms with Crippen LogP contribution in [0.4, 0.5) is 5.69 Å². The standard InChI is InChI=1S/C16H18BrN/c1-16(2,3)12-6-4-11(5-7-12)14-9-8-13(17)10-15(14)18/h4-10H,18H2,1-3H3. The number of hydrogen-bond acceptors (Lipinski definition) is 1. The number of anilines is 1. The molecule has 0 aliphatic heterocycles. The van der Waals surface area contributed by atoms with Crippen molar-refractivity contribution < 1.29 is 0 Å². The van der Waals surface area contributed by atoms with Crippen LogP contribution in [0.3, 0.4) is 0 Å². The van der Waals surface area contributed by atoms with Gasteiger partial charge in [0.15, 0.2) is 0 Å². The molecule has 18 heavy (non-hydrogen) atoms. The molecule has 0 radical (unpaired) electrons. The van der Waals surface area contributed by atoms with Crippen LogP contribution < -0.4 is 5.73 Å². The first-order valence-corrected chi connectivity index (χ1v) is 6.83. The minimum atomic E-state index is 0.184. The van der Waals surface area contributed by atoms with E-state index in [9.17, 15) is 0 Å². The van der Waals surface area contributed by atoms with Crippen LogP contribution >= 0.6 is 15.9 Å². The molecular formula is C16H18BrN. The second kappa shape index (κ2) is 4.77. The van der Waals surface area contributed by atoms with Crippen molar-refractivity contribution in [1.29, 1.82) is 0 Å². The van der Waals surface area contributed by atoms with Crippen LogP contribution in [-0.4, -0.2) is 0 Å². The van der Waals surface area contributed by atoms with Crippen molar-refractivity contribution in [3.8, 4) is 11.1 Å². The maximum Gasteiger partial charge on any atom is 0.0405 e. The molecule has 0 unspecified atom stereocenters. The molecule has 0 fully saturated rings. The molecule has 2 aromatic carbocycles. The van der Waals surface area contributed by atoms with Gasteiger partial charge in [-0.15, -0.1) is 0 Å². The Kier molecular flexibility index (Phi) is 3.49. The quantitative estimate of drug-likeness (QED) is 0.737. The van der Waals surface area contributed by atoms with Gasteiger partial charge in [0.1, 0.15) is 0 Å². The average Bonchev–Trinajstić information content (AvgIpc) is 2.28. The van der Waals surface area contributed by atoms with Crippen LogP contribution in [0.2, 0.25) is 0 Å². The summed E-state index contributed by atoms with van der Waals surface area (Å²) in [7, 11) is 0. The average molecular weight is 304 g/mol. The lowest BCUT2D eigenvalue weighted by molar-refractivity contribution is 0.590. The van der Waals surface area contributed by atoms with Crippen molar-refractivity contribution in [1.82, 2.24) is 0 Å². The molecular weight excluding hydrogens is 286 g/mol. The maximum atomic E-state index is 6.05. The van der Waals surface area contributed by atoms with Gasteiger partial charge in [0.2, 0.25) is 0 Å². The zero-order valence-electron chi connectivity index (χ0n) is 11.0. The first-order valence-electron chi connectivity index (χ1n) is 6.04. The summed E-state index contributed by atoms with van der Waals surface area (Å²) in [6.07, 6.45) is 0. The zero-order valence-corrected chi connectivity index (χ0v) is 12.6. The Morgan fingerprint density at radius 1 is 0.944 bits per heavy atom. The lowest BCUT2D eigenvalue weighted by Gasteiger charge is -2.19. The van der Waals surface area contributed by atoms with Crippen molar-refractivity contribution in [3.63, 3.8) is 0 Å². The molecule has 0 aliphatic rings. The molecule has 2 heteroatoms. The predicted molar refractivity (Wildman–Crippen MR) is 82.7 cm³/mol. The van der Waals surface area contributed by atoms with Gasteiger partial charge in [-0.25, -0.2) is 0 Å². The molecule has 0 atom stereocenters. The number of halogens is 1. The van der Waals surface area contributed by atoms with E-state index in [1.54, 1.807) is 0 Å². The third-order valence-electron chi connectivity index (χ3n) is 3.08. The highest BCUT2D eigenvalue weighted by Gasteiger charge is 2.13. The Labute approximate surface area is 117 Å². The minimum Gasteiger partial charge on any atom is -0.398 e. The Morgan fingerprint density at radius 2 is 1.56 bits per heavy atom. The maximum absolute atomic E-state index is 6.05. The summed E-state index contributed by atoms with van der Waals surface area (Å²) in [5.74, 6) is 0. The highest BCUT2D eigenvalue weighted by Crippen LogP contribution is 2.30. The Balaban J connectivity index is 2.41. The van der Waals surface area contributed by atoms with Gasteiger partial charge in [-0.3, -0.25) is 0 Å². The topological polar surface area (TPSA) is 26.0 Å². The van der Waals surface area contributed by atoms with E-state index in [-0.39, 0.29) is 5.41 Å². The number of nitrogen functional groups attached to an aromatic ring is 1. The Morgan fingerprint density at radius 3 is 2.06 bits per heavy atom. The van der Waals surface area contributed by atoms with Crippen molar-refractivity contribution in [3.05, 3.63) is 52.5 Å². The van der Waals surface area contributed by atoms with Gasteiger partial charge in [0.05, 0.1) is 0 Å². The first kappa shape index (κ1) is 13.2. The third-order valence-corrected chi connectivity index (χ3v) is 3.57. The highest BCUT2D eigenvalue weighted by molar-refractivity contribution is 9.10. The van der Waals surface area contributed by atoms with E-state index in [2.05, 4.69) is 61.0 Å². The van der Waals surface area contributed by atoms with Crippen LogP contribution in [0.25, 0.3) is 11.1 Å². The van der Waals surface area contributed by atoms with E-state index in [0.29, 0.717) is 0 Å². The van der Waals surface area contributed by atoms with Gasteiger partial charge < -0.3 is 5.73 Å². The molecule has 94 valence electrons. The summed E-state index contributed by atoms with van der Waals surface area (Å²) in [6.45, 7) is 6.65. The Hall–Kier alpha value is -1.28. The van der Waals surface area contributed by atoms with E-state index in [4.69, 9.17) is 5.73 Å². The second-order valence-electron chi connectivity index (χ2n) is 5.56. The molecule has 0 bridgehead atoms. The van der Waals surface area contributed by atoms with E-state index < -0.39 is 0 Å². The van der Waals surface area contributed by atoms with Gasteiger partial charge in [-0.1, -0.05) is 67.0 Å². The number of rotatable bonds is 1. The lowest BCUT2D eigenvalue weighted by Crippen LogP contribution is -2.10. The summed E-state index contributed by atoms with van der Waals surface area (Å²) >= 11 is 3.43. The molecule has 2 N–H and O–H groups in total. The number of benzene rings is 2. The smallest absolute Gasteiger partial charge is 0.0405 e. The van der Waals surface area contributed by atoms with E-state index in [1.165, 1.54) is 5.56 Å². The SMILES string of the molecule is CC(C)(C)c1ccc(-c2ccc(Br)cc2N)cc1. The van der Waals surface area contributed by atoms with E-state index in [1.807, 2.05) is 18.2 Å². The van der Waals surface area contributed by atoms with Crippen LogP contribution in [0.1, 0.15) is 26.3 Å². The summed E-state index contributed by atoms with van der Waals surface area (Å²) in [5.41, 5.74) is 10.6. The van der Waals surface area contributed by atoms with Gasteiger partial charge in [0, 0.05) is 15.7 Å². The number of hydrogen-bond donors (Lipinski definition) is 1. The van der Waals surface area contributed by atoms with Crippen LogP contribution in [0.15, 0.2) is 46.9 Å². The van der Waals surface area contributed by atoms with Crippen LogP contribution in [0.5, 0.6) is 0 Å². The van der Waals surface area contributed by atoms with Crippen LogP contribution in [-0.2, 0) is 5.41 Å². The van der Waals surface area contributed by atoms with E-state index in [0.717, 1.165) is 21.3 Å². The monoisotopic (exact) mass is 303 g/mol. The molecule has 2 aromatic rings. The molecule has 0 amide bonds. The fraction of sp³-hybridized carbons (Fsp3) is 0.250. The molecule has 0 spiro atoms. The summed E-state index contributed by atoms with van der Waals surface area (Å²) in [4.78, 5) is 0. The molecule has 0 aliphatic carbocycles. The predicted octanol–water partition coefficient (Wildman–Crippen LogP) is 5.00. The molecule has 0 saturated carbocycles. The molecule has 1 nitrogen and oxygen atoms in total. The van der Waals surface area contributed by atoms with Gasteiger partial charge in [0.25, 0.3) is 0 Å². The first-order chi connectivity index (χ1) is 8.38. The Bertz CT molecular complexity index is 550. The molecule has 0 aromatic heterocycles. The van der Waals surface area contributed by atoms with Crippen molar-refractivity contribution in [2.24, 2.45) is 0 Å². The zero-order chi connectivity index (χ0) is 13.3. The lowest BCUT2D eigenvalue weighted by atomic mass is 9.86. The second-order valence-corrected chi connectivity index (χ2v) is 6.47. The molecule has 0 saturated heterocycles.